The predicted molar refractivity (Wildman–Crippen MR) is 116 cm³/mol. The van der Waals surface area contributed by atoms with Crippen LogP contribution in [-0.4, -0.2) is 14.9 Å². The van der Waals surface area contributed by atoms with Crippen LogP contribution in [-0.2, 0) is 6.42 Å². The fourth-order valence-corrected chi connectivity index (χ4v) is 3.59. The van der Waals surface area contributed by atoms with Gasteiger partial charge in [-0.3, -0.25) is 14.3 Å². The van der Waals surface area contributed by atoms with Crippen molar-refractivity contribution in [3.63, 3.8) is 0 Å². The zero-order chi connectivity index (χ0) is 20.9. The molecule has 4 rings (SSSR count). The van der Waals surface area contributed by atoms with E-state index in [2.05, 4.69) is 10.9 Å². The van der Waals surface area contributed by atoms with Gasteiger partial charge in [-0.15, -0.1) is 0 Å². The summed E-state index contributed by atoms with van der Waals surface area (Å²) in [7, 11) is 0. The van der Waals surface area contributed by atoms with Gasteiger partial charge in [-0.1, -0.05) is 23.8 Å². The molecule has 2 heterocycles. The third-order valence-electron chi connectivity index (χ3n) is 5.24. The molecule has 0 fully saturated rings. The molecule has 3 aromatic rings. The van der Waals surface area contributed by atoms with Crippen molar-refractivity contribution >= 4 is 28.5 Å². The lowest BCUT2D eigenvalue weighted by Gasteiger charge is -2.33. The molecule has 0 amide bonds. The van der Waals surface area contributed by atoms with Crippen LogP contribution < -0.4 is 39.1 Å². The first kappa shape index (κ1) is 18.6. The second-order valence-corrected chi connectivity index (χ2v) is 7.64. The van der Waals surface area contributed by atoms with E-state index in [1.807, 2.05) is 38.1 Å². The third kappa shape index (κ3) is 3.11. The molecule has 2 aromatic heterocycles. The van der Waals surface area contributed by atoms with Crippen LogP contribution in [0, 0.1) is 6.92 Å². The number of rotatable bonds is 3. The molecule has 1 atom stereocenters. The van der Waals surface area contributed by atoms with Gasteiger partial charge in [0.05, 0.1) is 28.6 Å². The minimum atomic E-state index is -0.588. The van der Waals surface area contributed by atoms with Crippen LogP contribution in [0.2, 0.25) is 0 Å². The van der Waals surface area contributed by atoms with Gasteiger partial charge >= 0.3 is 0 Å². The van der Waals surface area contributed by atoms with Crippen molar-refractivity contribution in [3.8, 4) is 0 Å². The maximum atomic E-state index is 12.5. The van der Waals surface area contributed by atoms with Crippen LogP contribution in [0.15, 0.2) is 46.1 Å². The van der Waals surface area contributed by atoms with E-state index in [1.165, 1.54) is 21.6 Å². The number of anilines is 2. The lowest BCUT2D eigenvalue weighted by molar-refractivity contribution is 0.457. The van der Waals surface area contributed by atoms with E-state index in [4.69, 9.17) is 17.4 Å². The molecule has 1 unspecified atom stereocenters. The molecular formula is C20H23N7O2. The Kier molecular flexibility index (Phi) is 4.12. The molecule has 9 heteroatoms. The standard InChI is InChI=1S/C20H23N7O2/c1-11-3-4-15-13(7-11)17(28)8-18(27(15)23)24-25-20(2)6-5-12-16(9-20)26(22)10-14(21)19(12)29/h3-8,10,24-25H,9,21-23H2,1-2H3. The van der Waals surface area contributed by atoms with Gasteiger partial charge in [0.1, 0.15) is 5.82 Å². The van der Waals surface area contributed by atoms with Crippen LogP contribution in [0.1, 0.15) is 23.7 Å². The molecule has 29 heavy (non-hydrogen) atoms. The Morgan fingerprint density at radius 1 is 1.17 bits per heavy atom. The minimum absolute atomic E-state index is 0.101. The molecule has 1 aromatic carbocycles. The van der Waals surface area contributed by atoms with E-state index in [0.717, 1.165) is 5.56 Å². The van der Waals surface area contributed by atoms with Gasteiger partial charge in [0.2, 0.25) is 5.43 Å². The number of hydrogen-bond acceptors (Lipinski definition) is 7. The third-order valence-corrected chi connectivity index (χ3v) is 5.24. The zero-order valence-electron chi connectivity index (χ0n) is 16.2. The number of fused-ring (bicyclic) bond motifs is 2. The molecular weight excluding hydrogens is 370 g/mol. The summed E-state index contributed by atoms with van der Waals surface area (Å²) in [5.74, 6) is 12.6. The largest absolute Gasteiger partial charge is 0.394 e. The predicted octanol–water partition coefficient (Wildman–Crippen LogP) is 0.426. The van der Waals surface area contributed by atoms with Crippen LogP contribution >= 0.6 is 0 Å². The molecule has 1 aliphatic carbocycles. The van der Waals surface area contributed by atoms with Crippen molar-refractivity contribution in [1.29, 1.82) is 0 Å². The smallest absolute Gasteiger partial charge is 0.212 e. The molecule has 0 radical (unpaired) electrons. The first-order valence-corrected chi connectivity index (χ1v) is 9.11. The summed E-state index contributed by atoms with van der Waals surface area (Å²) in [4.78, 5) is 24.7. The van der Waals surface area contributed by atoms with Gasteiger partial charge in [0, 0.05) is 23.4 Å². The normalized spacial score (nSPS) is 18.0. The molecule has 1 aliphatic rings. The summed E-state index contributed by atoms with van der Waals surface area (Å²) >= 11 is 0. The molecule has 0 saturated carbocycles. The van der Waals surface area contributed by atoms with Gasteiger partial charge in [-0.2, -0.15) is 0 Å². The van der Waals surface area contributed by atoms with Crippen LogP contribution in [0.25, 0.3) is 17.0 Å². The number of hydrazine groups is 1. The van der Waals surface area contributed by atoms with Crippen molar-refractivity contribution in [2.45, 2.75) is 25.8 Å². The highest BCUT2D eigenvalue weighted by atomic mass is 16.1. The SMILES string of the molecule is Cc1ccc2c(c1)c(=O)cc(NNC1(C)C=Cc3c(n(N)cc(N)c3=O)C1)n2N. The number of nitrogens with two attached hydrogens (primary N) is 3. The topological polar surface area (TPSA) is 146 Å². The highest BCUT2D eigenvalue weighted by Gasteiger charge is 2.29. The summed E-state index contributed by atoms with van der Waals surface area (Å²) in [6.07, 6.45) is 5.40. The average Bonchev–Trinajstić information content (AvgIpc) is 2.68. The van der Waals surface area contributed by atoms with Crippen molar-refractivity contribution in [3.05, 3.63) is 73.8 Å². The highest BCUT2D eigenvalue weighted by Crippen LogP contribution is 2.24. The van der Waals surface area contributed by atoms with E-state index in [1.54, 1.807) is 6.08 Å². The lowest BCUT2D eigenvalue weighted by Crippen LogP contribution is -2.49. The number of nitrogens with one attached hydrogen (secondary N) is 2. The Balaban J connectivity index is 1.65. The number of benzene rings is 1. The fourth-order valence-electron chi connectivity index (χ4n) is 3.59. The maximum Gasteiger partial charge on any atom is 0.212 e. The number of hydrogen-bond donors (Lipinski definition) is 5. The van der Waals surface area contributed by atoms with E-state index in [9.17, 15) is 9.59 Å². The second kappa shape index (κ2) is 6.42. The molecule has 0 bridgehead atoms. The fraction of sp³-hybridized carbons (Fsp3) is 0.200. The first-order valence-electron chi connectivity index (χ1n) is 9.11. The molecule has 0 aliphatic heterocycles. The summed E-state index contributed by atoms with van der Waals surface area (Å²) in [6.45, 7) is 3.86. The number of nitrogens with zero attached hydrogens (tertiary/aromatic N) is 2. The Hall–Kier alpha value is -3.72. The Morgan fingerprint density at radius 2 is 1.93 bits per heavy atom. The van der Waals surface area contributed by atoms with Crippen molar-refractivity contribution in [2.24, 2.45) is 0 Å². The second-order valence-electron chi connectivity index (χ2n) is 7.64. The Labute approximate surface area is 166 Å². The number of aromatic nitrogens is 2. The highest BCUT2D eigenvalue weighted by molar-refractivity contribution is 5.81. The molecule has 8 N–H and O–H groups in total. The number of pyridine rings is 2. The monoisotopic (exact) mass is 393 g/mol. The minimum Gasteiger partial charge on any atom is -0.394 e. The van der Waals surface area contributed by atoms with Crippen molar-refractivity contribution in [2.75, 3.05) is 22.8 Å². The first-order chi connectivity index (χ1) is 13.7. The molecule has 9 nitrogen and oxygen atoms in total. The van der Waals surface area contributed by atoms with Gasteiger partial charge in [-0.25, -0.2) is 10.1 Å². The molecule has 0 spiro atoms. The average molecular weight is 393 g/mol. The number of nitrogen functional groups attached to an aromatic ring is 3. The summed E-state index contributed by atoms with van der Waals surface area (Å²) < 4.78 is 2.79. The molecule has 0 saturated heterocycles. The van der Waals surface area contributed by atoms with E-state index in [-0.39, 0.29) is 16.5 Å². The van der Waals surface area contributed by atoms with Gasteiger partial charge in [-0.05, 0) is 26.0 Å². The summed E-state index contributed by atoms with van der Waals surface area (Å²) in [5, 5.41) is 0.556. The molecule has 150 valence electrons. The van der Waals surface area contributed by atoms with Gasteiger partial charge < -0.3 is 22.8 Å². The van der Waals surface area contributed by atoms with E-state index < -0.39 is 5.54 Å². The lowest BCUT2D eigenvalue weighted by atomic mass is 9.88. The van der Waals surface area contributed by atoms with Crippen molar-refractivity contribution in [1.82, 2.24) is 14.8 Å². The van der Waals surface area contributed by atoms with Crippen molar-refractivity contribution < 1.29 is 0 Å². The van der Waals surface area contributed by atoms with Gasteiger partial charge in [0.15, 0.2) is 5.43 Å². The summed E-state index contributed by atoms with van der Waals surface area (Å²) in [5.41, 5.74) is 13.8. The van der Waals surface area contributed by atoms with Crippen LogP contribution in [0.5, 0.6) is 0 Å². The maximum absolute atomic E-state index is 12.5. The quantitative estimate of drug-likeness (QED) is 0.320. The van der Waals surface area contributed by atoms with E-state index in [0.29, 0.717) is 34.4 Å². The Bertz CT molecular complexity index is 1290. The van der Waals surface area contributed by atoms with E-state index >= 15 is 0 Å². The van der Waals surface area contributed by atoms with Crippen LogP contribution in [0.3, 0.4) is 0 Å². The van der Waals surface area contributed by atoms with Crippen LogP contribution in [0.4, 0.5) is 11.5 Å². The number of aryl methyl sites for hydroxylation is 1. The Morgan fingerprint density at radius 3 is 2.69 bits per heavy atom. The zero-order valence-corrected chi connectivity index (χ0v) is 16.2. The van der Waals surface area contributed by atoms with Gasteiger partial charge in [0.25, 0.3) is 0 Å². The summed E-state index contributed by atoms with van der Waals surface area (Å²) in [6, 6.07) is 6.97.